The maximum atomic E-state index is 12.1. The number of hydrogen-bond acceptors (Lipinski definition) is 2. The van der Waals surface area contributed by atoms with Gasteiger partial charge in [0.25, 0.3) is 5.56 Å². The Bertz CT molecular complexity index is 882. The summed E-state index contributed by atoms with van der Waals surface area (Å²) < 4.78 is 1.52. The maximum Gasteiger partial charge on any atom is 0.258 e. The van der Waals surface area contributed by atoms with Crippen LogP contribution in [0.15, 0.2) is 59.5 Å². The van der Waals surface area contributed by atoms with Gasteiger partial charge in [0.2, 0.25) is 0 Å². The summed E-state index contributed by atoms with van der Waals surface area (Å²) in [5, 5.41) is 0.446. The second kappa shape index (κ2) is 5.54. The average Bonchev–Trinajstić information content (AvgIpc) is 2.49. The Balaban J connectivity index is 2.11. The molecule has 0 bridgehead atoms. The zero-order valence-corrected chi connectivity index (χ0v) is 12.2. The molecule has 0 atom stereocenters. The van der Waals surface area contributed by atoms with Crippen molar-refractivity contribution in [1.29, 1.82) is 0 Å². The highest BCUT2D eigenvalue weighted by Gasteiger charge is 2.05. The number of aromatic nitrogens is 2. The van der Waals surface area contributed by atoms with E-state index >= 15 is 0 Å². The van der Waals surface area contributed by atoms with Gasteiger partial charge in [-0.15, -0.1) is 0 Å². The fraction of sp³-hybridized carbons (Fsp3) is 0.0588. The summed E-state index contributed by atoms with van der Waals surface area (Å²) in [6.07, 6.45) is 3.57. The summed E-state index contributed by atoms with van der Waals surface area (Å²) in [4.78, 5) is 16.6. The van der Waals surface area contributed by atoms with Crippen LogP contribution in [-0.4, -0.2) is 9.38 Å². The molecule has 104 valence electrons. The lowest BCUT2D eigenvalue weighted by molar-refractivity contribution is 1.02. The zero-order valence-electron chi connectivity index (χ0n) is 11.5. The van der Waals surface area contributed by atoms with E-state index in [2.05, 4.69) is 4.98 Å². The number of halogens is 1. The first kappa shape index (κ1) is 13.6. The predicted molar refractivity (Wildman–Crippen MR) is 86.4 cm³/mol. The maximum absolute atomic E-state index is 12.1. The smallest absolute Gasteiger partial charge is 0.258 e. The molecule has 0 amide bonds. The lowest BCUT2D eigenvalue weighted by Gasteiger charge is -2.04. The van der Waals surface area contributed by atoms with Gasteiger partial charge >= 0.3 is 0 Å². The number of fused-ring (bicyclic) bond motifs is 1. The number of rotatable bonds is 2. The number of aryl methyl sites for hydroxylation is 1. The fourth-order valence-electron chi connectivity index (χ4n) is 2.10. The molecular weight excluding hydrogens is 284 g/mol. The van der Waals surface area contributed by atoms with Crippen LogP contribution in [0.25, 0.3) is 16.8 Å². The number of pyridine rings is 1. The molecule has 4 heteroatoms. The molecule has 0 radical (unpaired) electrons. The normalized spacial score (nSPS) is 11.8. The minimum Gasteiger partial charge on any atom is -0.269 e. The first-order valence-electron chi connectivity index (χ1n) is 6.56. The molecule has 21 heavy (non-hydrogen) atoms. The molecule has 0 aliphatic heterocycles. The summed E-state index contributed by atoms with van der Waals surface area (Å²) in [6.45, 7) is 1.93. The van der Waals surface area contributed by atoms with E-state index in [4.69, 9.17) is 11.6 Å². The van der Waals surface area contributed by atoms with Crippen molar-refractivity contribution in [3.63, 3.8) is 0 Å². The van der Waals surface area contributed by atoms with Gasteiger partial charge in [-0.3, -0.25) is 9.20 Å². The Morgan fingerprint density at radius 2 is 1.95 bits per heavy atom. The van der Waals surface area contributed by atoms with E-state index in [1.807, 2.05) is 49.4 Å². The summed E-state index contributed by atoms with van der Waals surface area (Å²) >= 11 is 6.29. The van der Waals surface area contributed by atoms with Crippen molar-refractivity contribution < 1.29 is 0 Å². The van der Waals surface area contributed by atoms with Crippen LogP contribution in [0, 0.1) is 6.92 Å². The van der Waals surface area contributed by atoms with E-state index < -0.39 is 0 Å². The number of benzene rings is 1. The Morgan fingerprint density at radius 3 is 2.71 bits per heavy atom. The van der Waals surface area contributed by atoms with E-state index in [-0.39, 0.29) is 5.56 Å². The molecule has 0 fully saturated rings. The molecule has 3 nitrogen and oxygen atoms in total. The summed E-state index contributed by atoms with van der Waals surface area (Å²) in [5.41, 5.74) is 2.90. The van der Waals surface area contributed by atoms with Gasteiger partial charge in [-0.05, 0) is 30.2 Å². The van der Waals surface area contributed by atoms with E-state index in [1.165, 1.54) is 10.5 Å². The molecule has 0 aliphatic rings. The summed E-state index contributed by atoms with van der Waals surface area (Å²) in [6, 6.07) is 14.9. The summed E-state index contributed by atoms with van der Waals surface area (Å²) in [5.74, 6) is 0. The first-order chi connectivity index (χ1) is 10.1. The van der Waals surface area contributed by atoms with Crippen molar-refractivity contribution >= 4 is 28.4 Å². The lowest BCUT2D eigenvalue weighted by atomic mass is 10.2. The molecule has 0 N–H and O–H groups in total. The molecule has 0 spiro atoms. The predicted octanol–water partition coefficient (Wildman–Crippen LogP) is 3.74. The highest BCUT2D eigenvalue weighted by Crippen LogP contribution is 2.20. The lowest BCUT2D eigenvalue weighted by Crippen LogP contribution is -2.15. The van der Waals surface area contributed by atoms with E-state index in [0.717, 1.165) is 11.1 Å². The van der Waals surface area contributed by atoms with Crippen molar-refractivity contribution in [1.82, 2.24) is 9.38 Å². The molecule has 0 saturated heterocycles. The van der Waals surface area contributed by atoms with Gasteiger partial charge in [-0.25, -0.2) is 4.98 Å². The highest BCUT2D eigenvalue weighted by atomic mass is 35.5. The van der Waals surface area contributed by atoms with Crippen LogP contribution in [-0.2, 0) is 0 Å². The van der Waals surface area contributed by atoms with Gasteiger partial charge in [-0.1, -0.05) is 48.0 Å². The first-order valence-corrected chi connectivity index (χ1v) is 6.94. The topological polar surface area (TPSA) is 34.4 Å². The van der Waals surface area contributed by atoms with Gasteiger partial charge in [-0.2, -0.15) is 0 Å². The third-order valence-corrected chi connectivity index (χ3v) is 3.45. The number of nitrogens with zero attached hydrogens (tertiary/aromatic N) is 2. The third-order valence-electron chi connectivity index (χ3n) is 3.15. The minimum absolute atomic E-state index is 0.140. The molecule has 2 aromatic heterocycles. The van der Waals surface area contributed by atoms with E-state index in [1.54, 1.807) is 12.3 Å². The SMILES string of the molecule is Cc1ccc2nc(C(Cl)=Cc3ccccc3)cc(=O)n2c1. The molecule has 3 aromatic rings. The van der Waals surface area contributed by atoms with Gasteiger partial charge < -0.3 is 0 Å². The third kappa shape index (κ3) is 2.88. The van der Waals surface area contributed by atoms with Crippen molar-refractivity contribution in [2.45, 2.75) is 6.92 Å². The molecule has 2 heterocycles. The van der Waals surface area contributed by atoms with Crippen molar-refractivity contribution in [2.24, 2.45) is 0 Å². The Hall–Kier alpha value is -2.39. The van der Waals surface area contributed by atoms with E-state index in [0.29, 0.717) is 16.4 Å². The molecule has 1 aromatic carbocycles. The Labute approximate surface area is 127 Å². The van der Waals surface area contributed by atoms with Crippen LogP contribution in [0.4, 0.5) is 0 Å². The van der Waals surface area contributed by atoms with Gasteiger partial charge in [0, 0.05) is 12.3 Å². The minimum atomic E-state index is -0.140. The van der Waals surface area contributed by atoms with Crippen LogP contribution in [0.5, 0.6) is 0 Å². The molecule has 3 rings (SSSR count). The van der Waals surface area contributed by atoms with E-state index in [9.17, 15) is 4.79 Å². The standard InChI is InChI=1S/C17H13ClN2O/c1-12-7-8-16-19-15(10-17(21)20(16)11-12)14(18)9-13-5-3-2-4-6-13/h2-11H,1H3. The van der Waals surface area contributed by atoms with Gasteiger partial charge in [0.15, 0.2) is 0 Å². The van der Waals surface area contributed by atoms with Crippen LogP contribution in [0.2, 0.25) is 0 Å². The van der Waals surface area contributed by atoms with Crippen LogP contribution < -0.4 is 5.56 Å². The van der Waals surface area contributed by atoms with Gasteiger partial charge in [0.05, 0.1) is 10.7 Å². The fourth-order valence-corrected chi connectivity index (χ4v) is 2.32. The second-order valence-corrected chi connectivity index (χ2v) is 5.22. The highest BCUT2D eigenvalue weighted by molar-refractivity contribution is 6.51. The largest absolute Gasteiger partial charge is 0.269 e. The van der Waals surface area contributed by atoms with Crippen LogP contribution in [0.1, 0.15) is 16.8 Å². The van der Waals surface area contributed by atoms with Crippen molar-refractivity contribution in [3.8, 4) is 0 Å². The Morgan fingerprint density at radius 1 is 1.19 bits per heavy atom. The van der Waals surface area contributed by atoms with Crippen molar-refractivity contribution in [2.75, 3.05) is 0 Å². The Kier molecular flexibility index (Phi) is 3.59. The molecule has 0 aliphatic carbocycles. The van der Waals surface area contributed by atoms with Crippen molar-refractivity contribution in [3.05, 3.63) is 81.9 Å². The monoisotopic (exact) mass is 296 g/mol. The zero-order chi connectivity index (χ0) is 14.8. The second-order valence-electron chi connectivity index (χ2n) is 4.82. The molecule has 0 unspecified atom stereocenters. The quantitative estimate of drug-likeness (QED) is 0.722. The average molecular weight is 297 g/mol. The summed E-state index contributed by atoms with van der Waals surface area (Å²) in [7, 11) is 0. The molecule has 0 saturated carbocycles. The van der Waals surface area contributed by atoms with Crippen LogP contribution >= 0.6 is 11.6 Å². The van der Waals surface area contributed by atoms with Crippen LogP contribution in [0.3, 0.4) is 0 Å². The number of hydrogen-bond donors (Lipinski definition) is 0. The van der Waals surface area contributed by atoms with Gasteiger partial charge in [0.1, 0.15) is 5.65 Å². The molecular formula is C17H13ClN2O.